The number of hydrogen-bond donors (Lipinski definition) is 0. The number of anilines is 2. The molecule has 8 aromatic carbocycles. The lowest BCUT2D eigenvalue weighted by molar-refractivity contribution is 1.17. The predicted molar refractivity (Wildman–Crippen MR) is 224 cm³/mol. The Morgan fingerprint density at radius 1 is 0.577 bits per heavy atom. The van der Waals surface area contributed by atoms with Crippen LogP contribution < -0.4 is 15.3 Å². The second-order valence-corrected chi connectivity index (χ2v) is 16.2. The molecule has 0 amide bonds. The van der Waals surface area contributed by atoms with Gasteiger partial charge in [0, 0.05) is 52.3 Å². The van der Waals surface area contributed by atoms with Gasteiger partial charge in [-0.15, -0.1) is 11.3 Å². The lowest BCUT2D eigenvalue weighted by atomic mass is 9.90. The smallest absolute Gasteiger partial charge is 0.235 e. The van der Waals surface area contributed by atoms with Crippen molar-refractivity contribution in [2.45, 2.75) is 6.85 Å². The SMILES string of the molecule is [2H]C([2H])([2H])c1ccccc1-c1nc(N2c3c(c4ccccc4c4c3sc3ccccc34)-c3c(ccc4ccccc34)P2c2ccccc2)nc2ccccc12. The van der Waals surface area contributed by atoms with Gasteiger partial charge in [-0.1, -0.05) is 152 Å². The van der Waals surface area contributed by atoms with E-state index in [0.717, 1.165) is 22.2 Å². The predicted octanol–water partition coefficient (Wildman–Crippen LogP) is 12.4. The fraction of sp³-hybridized carbons (Fsp3) is 0.0213. The lowest BCUT2D eigenvalue weighted by Crippen LogP contribution is -2.31. The first-order chi connectivity index (χ1) is 27.0. The van der Waals surface area contributed by atoms with Crippen molar-refractivity contribution < 1.29 is 4.11 Å². The van der Waals surface area contributed by atoms with E-state index in [2.05, 4.69) is 120 Å². The summed E-state index contributed by atoms with van der Waals surface area (Å²) in [5, 5.41) is 10.4. The Bertz CT molecular complexity index is 3180. The van der Waals surface area contributed by atoms with Gasteiger partial charge in [-0.05, 0) is 46.1 Å². The van der Waals surface area contributed by atoms with E-state index >= 15 is 0 Å². The van der Waals surface area contributed by atoms with E-state index in [1.54, 1.807) is 12.1 Å². The average Bonchev–Trinajstić information content (AvgIpc) is 3.62. The zero-order valence-corrected chi connectivity index (χ0v) is 29.5. The molecule has 5 heteroatoms. The molecular formula is C47H30N3PS. The lowest BCUT2D eigenvalue weighted by Gasteiger charge is -2.40. The van der Waals surface area contributed by atoms with Gasteiger partial charge in [0.05, 0.1) is 29.7 Å². The Labute approximate surface area is 310 Å². The maximum Gasteiger partial charge on any atom is 0.235 e. The van der Waals surface area contributed by atoms with E-state index in [1.807, 2.05) is 47.7 Å². The Morgan fingerprint density at radius 2 is 1.27 bits per heavy atom. The van der Waals surface area contributed by atoms with Gasteiger partial charge >= 0.3 is 0 Å². The van der Waals surface area contributed by atoms with Crippen LogP contribution in [0.5, 0.6) is 0 Å². The molecule has 0 aliphatic carbocycles. The first-order valence-corrected chi connectivity index (χ1v) is 19.5. The van der Waals surface area contributed by atoms with Gasteiger partial charge in [-0.3, -0.25) is 4.67 Å². The number of hydrogen-bond acceptors (Lipinski definition) is 4. The van der Waals surface area contributed by atoms with Gasteiger partial charge in [-0.25, -0.2) is 9.97 Å². The summed E-state index contributed by atoms with van der Waals surface area (Å²) in [7, 11) is -1.30. The van der Waals surface area contributed by atoms with Gasteiger partial charge in [0.25, 0.3) is 0 Å². The molecule has 1 aliphatic heterocycles. The van der Waals surface area contributed by atoms with Gasteiger partial charge in [-0.2, -0.15) is 0 Å². The molecule has 0 fully saturated rings. The molecule has 1 atom stereocenters. The molecule has 3 heterocycles. The van der Waals surface area contributed by atoms with Gasteiger partial charge < -0.3 is 0 Å². The maximum absolute atomic E-state index is 8.51. The summed E-state index contributed by atoms with van der Waals surface area (Å²) < 4.78 is 30.3. The van der Waals surface area contributed by atoms with Crippen LogP contribution >= 0.6 is 19.4 Å². The van der Waals surface area contributed by atoms with Crippen LogP contribution in [0.3, 0.4) is 0 Å². The van der Waals surface area contributed by atoms with Crippen molar-refractivity contribution in [2.75, 3.05) is 4.67 Å². The standard InChI is InChI=1S/C47H30N3PS/c1-29-15-5-7-19-32(29)44-36-23-11-13-25-38(36)48-47(49-44)50-45-43(35-22-10-9-21-34(35)41-37-24-12-14-26-40(37)52-46(41)45)42-33-20-8-6-16-30(33)27-28-39(42)51(50)31-17-3-2-4-18-31/h2-28H,1H3/i1D3. The number of para-hydroxylation sites is 1. The van der Waals surface area contributed by atoms with Crippen molar-refractivity contribution in [3.8, 4) is 22.4 Å². The number of fused-ring (bicyclic) bond motifs is 13. The van der Waals surface area contributed by atoms with Crippen molar-refractivity contribution in [2.24, 2.45) is 0 Å². The zero-order chi connectivity index (χ0) is 36.8. The number of nitrogens with zero attached hydrogens (tertiary/aromatic N) is 3. The second kappa shape index (κ2) is 11.5. The molecular weight excluding hydrogens is 670 g/mol. The normalized spacial score (nSPS) is 15.1. The van der Waals surface area contributed by atoms with Crippen LogP contribution in [0.15, 0.2) is 164 Å². The van der Waals surface area contributed by atoms with Crippen molar-refractivity contribution in [1.29, 1.82) is 0 Å². The van der Waals surface area contributed by atoms with Crippen LogP contribution in [-0.2, 0) is 0 Å². The second-order valence-electron chi connectivity index (χ2n) is 13.1. The molecule has 0 saturated carbocycles. The molecule has 0 bridgehead atoms. The Kier molecular flexibility index (Phi) is 5.96. The third kappa shape index (κ3) is 4.29. The first kappa shape index (κ1) is 26.8. The molecule has 0 saturated heterocycles. The van der Waals surface area contributed by atoms with Crippen LogP contribution in [0.2, 0.25) is 0 Å². The minimum absolute atomic E-state index is 0.267. The summed E-state index contributed by atoms with van der Waals surface area (Å²) in [6.45, 7) is -2.33. The highest BCUT2D eigenvalue weighted by Gasteiger charge is 2.39. The van der Waals surface area contributed by atoms with Crippen LogP contribution in [0.4, 0.5) is 11.6 Å². The Hall–Kier alpha value is -5.93. The summed E-state index contributed by atoms with van der Waals surface area (Å²) in [6.07, 6.45) is 0. The Balaban J connectivity index is 1.36. The molecule has 10 aromatic rings. The van der Waals surface area contributed by atoms with Crippen LogP contribution in [-0.4, -0.2) is 9.97 Å². The molecule has 0 spiro atoms. The van der Waals surface area contributed by atoms with Crippen LogP contribution in [0, 0.1) is 6.85 Å². The monoisotopic (exact) mass is 702 g/mol. The summed E-state index contributed by atoms with van der Waals surface area (Å²) >= 11 is 1.82. The van der Waals surface area contributed by atoms with E-state index in [0.29, 0.717) is 17.2 Å². The molecule has 1 unspecified atom stereocenters. The maximum atomic E-state index is 8.51. The molecule has 3 nitrogen and oxygen atoms in total. The molecule has 11 rings (SSSR count). The van der Waals surface area contributed by atoms with Crippen molar-refractivity contribution in [1.82, 2.24) is 9.97 Å². The number of aryl methyl sites for hydroxylation is 1. The molecule has 2 aromatic heterocycles. The molecule has 244 valence electrons. The number of rotatable bonds is 3. The van der Waals surface area contributed by atoms with E-state index < -0.39 is 14.9 Å². The van der Waals surface area contributed by atoms with Gasteiger partial charge in [0.15, 0.2) is 0 Å². The zero-order valence-electron chi connectivity index (χ0n) is 30.8. The number of benzene rings is 8. The number of aromatic nitrogens is 2. The summed E-state index contributed by atoms with van der Waals surface area (Å²) in [5.74, 6) is 0.540. The highest BCUT2D eigenvalue weighted by molar-refractivity contribution is 7.75. The topological polar surface area (TPSA) is 29.0 Å². The fourth-order valence-electron chi connectivity index (χ4n) is 8.07. The van der Waals surface area contributed by atoms with Gasteiger partial charge in [0.1, 0.15) is 0 Å². The molecule has 52 heavy (non-hydrogen) atoms. The third-order valence-electron chi connectivity index (χ3n) is 10.3. The largest absolute Gasteiger partial charge is 0.278 e. The van der Waals surface area contributed by atoms with Crippen molar-refractivity contribution in [3.05, 3.63) is 169 Å². The van der Waals surface area contributed by atoms with E-state index in [-0.39, 0.29) is 5.56 Å². The summed E-state index contributed by atoms with van der Waals surface area (Å²) in [6, 6.07) is 56.7. The Morgan fingerprint density at radius 3 is 2.13 bits per heavy atom. The highest BCUT2D eigenvalue weighted by atomic mass is 32.1. The van der Waals surface area contributed by atoms with Crippen LogP contribution in [0.25, 0.3) is 75.0 Å². The van der Waals surface area contributed by atoms with Crippen molar-refractivity contribution >= 4 is 94.3 Å². The summed E-state index contributed by atoms with van der Waals surface area (Å²) in [5.41, 5.74) is 5.70. The summed E-state index contributed by atoms with van der Waals surface area (Å²) in [4.78, 5) is 10.9. The van der Waals surface area contributed by atoms with E-state index in [1.165, 1.54) is 57.9 Å². The fourth-order valence-corrected chi connectivity index (χ4v) is 11.9. The van der Waals surface area contributed by atoms with Crippen LogP contribution in [0.1, 0.15) is 9.68 Å². The van der Waals surface area contributed by atoms with Crippen molar-refractivity contribution in [3.63, 3.8) is 0 Å². The number of thiophene rings is 1. The highest BCUT2D eigenvalue weighted by Crippen LogP contribution is 2.62. The van der Waals surface area contributed by atoms with Gasteiger partial charge in [0.2, 0.25) is 5.95 Å². The van der Waals surface area contributed by atoms with E-state index in [9.17, 15) is 0 Å². The molecule has 0 N–H and O–H groups in total. The minimum atomic E-state index is -2.33. The molecule has 1 aliphatic rings. The quantitative estimate of drug-likeness (QED) is 0.172. The third-order valence-corrected chi connectivity index (χ3v) is 13.8. The first-order valence-electron chi connectivity index (χ1n) is 18.9. The average molecular weight is 703 g/mol. The molecule has 0 radical (unpaired) electrons. The van der Waals surface area contributed by atoms with E-state index in [4.69, 9.17) is 14.1 Å². The minimum Gasteiger partial charge on any atom is -0.278 e.